The van der Waals surface area contributed by atoms with Crippen molar-refractivity contribution >= 4 is 28.5 Å². The number of amides is 1. The maximum absolute atomic E-state index is 13.8. The number of carbonyl (C=O) groups excluding carboxylic acids is 1. The molecule has 0 spiro atoms. The van der Waals surface area contributed by atoms with Gasteiger partial charge in [-0.25, -0.2) is 0 Å². The number of nitrogens with one attached hydrogen (secondary N) is 1. The highest BCUT2D eigenvalue weighted by molar-refractivity contribution is 14.1. The fourth-order valence-corrected chi connectivity index (χ4v) is 3.06. The first-order valence-electron chi connectivity index (χ1n) is 8.80. The first kappa shape index (κ1) is 30.3. The van der Waals surface area contributed by atoms with E-state index in [9.17, 15) is 61.9 Å². The maximum atomic E-state index is 13.8. The average molecular weight is 633 g/mol. The number of benzene rings is 1. The Balaban J connectivity index is 2.97. The van der Waals surface area contributed by atoms with Gasteiger partial charge in [-0.1, -0.05) is 18.2 Å². The van der Waals surface area contributed by atoms with E-state index in [1.807, 2.05) is 0 Å². The monoisotopic (exact) mass is 633 g/mol. The largest absolute Gasteiger partial charge is 0.460 e. The van der Waals surface area contributed by atoms with Crippen molar-refractivity contribution in [3.63, 3.8) is 0 Å². The van der Waals surface area contributed by atoms with Crippen LogP contribution in [0.3, 0.4) is 0 Å². The van der Waals surface area contributed by atoms with Crippen molar-refractivity contribution in [1.29, 1.82) is 0 Å². The summed E-state index contributed by atoms with van der Waals surface area (Å²) >= 11 is 0.928. The zero-order chi connectivity index (χ0) is 26.8. The molecule has 2 nitrogen and oxygen atoms in total. The van der Waals surface area contributed by atoms with Crippen LogP contribution in [-0.4, -0.2) is 48.2 Å². The molecule has 0 bridgehead atoms. The fraction of sp³-hybridized carbons (Fsp3) is 0.500. The molecule has 0 aliphatic rings. The number of rotatable bonds is 10. The number of halogens is 14. The standard InChI is InChI=1S/C18H13F13INO/c19-13(20,9-11(32)7-4-8-33-12(34)10-5-2-1-3-6-10)14(21,22)15(23,24)16(25,26)17(27,28)18(29,30)31/h1-3,5-6,9H,4,7-8H2,(H,33,34). The summed E-state index contributed by atoms with van der Waals surface area (Å²) in [6.07, 6.45) is -9.22. The van der Waals surface area contributed by atoms with Gasteiger partial charge in [-0.3, -0.25) is 4.79 Å². The minimum atomic E-state index is -7.92. The van der Waals surface area contributed by atoms with Crippen molar-refractivity contribution in [3.05, 3.63) is 45.6 Å². The van der Waals surface area contributed by atoms with Crippen LogP contribution in [0.25, 0.3) is 0 Å². The summed E-state index contributed by atoms with van der Waals surface area (Å²) in [6.45, 7) is -0.234. The Kier molecular flexibility index (Phi) is 8.98. The summed E-state index contributed by atoms with van der Waals surface area (Å²) in [4.78, 5) is 11.8. The second-order valence-electron chi connectivity index (χ2n) is 6.73. The molecular weight excluding hydrogens is 620 g/mol. The first-order valence-corrected chi connectivity index (χ1v) is 9.87. The summed E-state index contributed by atoms with van der Waals surface area (Å²) in [5.74, 6) is -37.7. The molecule has 1 aromatic rings. The van der Waals surface area contributed by atoms with Crippen molar-refractivity contribution in [2.24, 2.45) is 0 Å². The van der Waals surface area contributed by atoms with Gasteiger partial charge in [0.2, 0.25) is 0 Å². The van der Waals surface area contributed by atoms with Crippen LogP contribution in [0.5, 0.6) is 0 Å². The van der Waals surface area contributed by atoms with E-state index < -0.39 is 57.8 Å². The minimum absolute atomic E-state index is 0.206. The Morgan fingerprint density at radius 1 is 0.765 bits per heavy atom. The van der Waals surface area contributed by atoms with Crippen molar-refractivity contribution in [2.75, 3.05) is 6.54 Å². The van der Waals surface area contributed by atoms with Crippen molar-refractivity contribution in [1.82, 2.24) is 5.32 Å². The number of alkyl halides is 13. The van der Waals surface area contributed by atoms with Crippen LogP contribution in [0.2, 0.25) is 0 Å². The molecule has 0 aliphatic heterocycles. The molecule has 0 aromatic heterocycles. The molecule has 0 atom stereocenters. The zero-order valence-electron chi connectivity index (χ0n) is 16.3. The predicted molar refractivity (Wildman–Crippen MR) is 101 cm³/mol. The van der Waals surface area contributed by atoms with Gasteiger partial charge in [-0.05, 0) is 51.1 Å². The Labute approximate surface area is 196 Å². The van der Waals surface area contributed by atoms with Crippen LogP contribution < -0.4 is 5.32 Å². The summed E-state index contributed by atoms with van der Waals surface area (Å²) in [5.41, 5.74) is 0.206. The van der Waals surface area contributed by atoms with Gasteiger partial charge in [0.05, 0.1) is 0 Å². The predicted octanol–water partition coefficient (Wildman–Crippen LogP) is 7.25. The lowest BCUT2D eigenvalue weighted by Gasteiger charge is -2.39. The molecule has 1 amide bonds. The molecule has 0 aliphatic carbocycles. The highest BCUT2D eigenvalue weighted by Gasteiger charge is 2.90. The molecule has 194 valence electrons. The number of allylic oxidation sites excluding steroid dienone is 2. The molecule has 0 radical (unpaired) electrons. The van der Waals surface area contributed by atoms with Crippen LogP contribution in [0, 0.1) is 0 Å². The van der Waals surface area contributed by atoms with Gasteiger partial charge >= 0.3 is 35.8 Å². The van der Waals surface area contributed by atoms with Gasteiger partial charge in [-0.15, -0.1) is 0 Å². The van der Waals surface area contributed by atoms with E-state index in [-0.39, 0.29) is 18.5 Å². The van der Waals surface area contributed by atoms with E-state index in [1.54, 1.807) is 6.07 Å². The van der Waals surface area contributed by atoms with Crippen LogP contribution in [0.4, 0.5) is 57.1 Å². The van der Waals surface area contributed by atoms with Gasteiger partial charge in [0, 0.05) is 18.2 Å². The van der Waals surface area contributed by atoms with Crippen molar-refractivity contribution in [3.8, 4) is 0 Å². The lowest BCUT2D eigenvalue weighted by atomic mass is 9.93. The molecule has 1 aromatic carbocycles. The van der Waals surface area contributed by atoms with Crippen LogP contribution >= 0.6 is 22.6 Å². The third-order valence-electron chi connectivity index (χ3n) is 4.21. The number of hydrogen-bond acceptors (Lipinski definition) is 1. The van der Waals surface area contributed by atoms with Crippen LogP contribution in [0.15, 0.2) is 40.0 Å². The lowest BCUT2D eigenvalue weighted by Crippen LogP contribution is -2.69. The van der Waals surface area contributed by atoms with Crippen LogP contribution in [-0.2, 0) is 0 Å². The topological polar surface area (TPSA) is 29.1 Å². The van der Waals surface area contributed by atoms with Gasteiger partial charge in [-0.2, -0.15) is 57.1 Å². The Morgan fingerprint density at radius 3 is 1.71 bits per heavy atom. The molecule has 0 fully saturated rings. The molecule has 1 rings (SSSR count). The van der Waals surface area contributed by atoms with E-state index in [0.717, 1.165) is 22.6 Å². The highest BCUT2D eigenvalue weighted by atomic mass is 127. The molecular formula is C18H13F13INO. The quantitative estimate of drug-likeness (QED) is 0.164. The highest BCUT2D eigenvalue weighted by Crippen LogP contribution is 2.60. The van der Waals surface area contributed by atoms with E-state index in [0.29, 0.717) is 0 Å². The van der Waals surface area contributed by atoms with Crippen molar-refractivity contribution < 1.29 is 61.9 Å². The third-order valence-corrected chi connectivity index (χ3v) is 5.06. The summed E-state index contributed by atoms with van der Waals surface area (Å²) in [7, 11) is 0. The lowest BCUT2D eigenvalue weighted by molar-refractivity contribution is -0.436. The zero-order valence-corrected chi connectivity index (χ0v) is 18.4. The minimum Gasteiger partial charge on any atom is -0.352 e. The normalized spacial score (nSPS) is 14.8. The maximum Gasteiger partial charge on any atom is 0.460 e. The fourth-order valence-electron chi connectivity index (χ4n) is 2.29. The second kappa shape index (κ2) is 10.1. The summed E-state index contributed by atoms with van der Waals surface area (Å²) < 4.78 is 169. The SMILES string of the molecule is O=C(NCCCC(I)=CC(F)(F)C(F)(F)C(F)(F)C(F)(F)C(F)(F)C(F)(F)F)c1ccccc1. The molecule has 0 heterocycles. The van der Waals surface area contributed by atoms with Gasteiger partial charge < -0.3 is 5.32 Å². The molecule has 0 unspecified atom stereocenters. The Bertz CT molecular complexity index is 882. The smallest absolute Gasteiger partial charge is 0.352 e. The molecule has 34 heavy (non-hydrogen) atoms. The van der Waals surface area contributed by atoms with Crippen LogP contribution in [0.1, 0.15) is 23.2 Å². The average Bonchev–Trinajstić information content (AvgIpc) is 2.69. The molecule has 16 heteroatoms. The van der Waals surface area contributed by atoms with Crippen molar-refractivity contribution in [2.45, 2.75) is 48.6 Å². The van der Waals surface area contributed by atoms with Gasteiger partial charge in [0.15, 0.2) is 0 Å². The summed E-state index contributed by atoms with van der Waals surface area (Å²) in [5, 5.41) is 2.31. The molecule has 0 saturated carbocycles. The molecule has 1 N–H and O–H groups in total. The van der Waals surface area contributed by atoms with Gasteiger partial charge in [0.1, 0.15) is 0 Å². The Morgan fingerprint density at radius 2 is 1.24 bits per heavy atom. The van der Waals surface area contributed by atoms with Gasteiger partial charge in [0.25, 0.3) is 5.91 Å². The van der Waals surface area contributed by atoms with E-state index in [2.05, 4.69) is 5.32 Å². The number of hydrogen-bond donors (Lipinski definition) is 1. The van der Waals surface area contributed by atoms with E-state index in [4.69, 9.17) is 0 Å². The number of carbonyl (C=O) groups is 1. The Hall–Kier alpha value is -1.75. The van der Waals surface area contributed by atoms with E-state index in [1.165, 1.54) is 24.3 Å². The summed E-state index contributed by atoms with van der Waals surface area (Å²) in [6, 6.07) is 7.47. The first-order chi connectivity index (χ1) is 15.1. The third kappa shape index (κ3) is 5.72. The molecule has 0 saturated heterocycles. The second-order valence-corrected chi connectivity index (χ2v) is 8.12. The van der Waals surface area contributed by atoms with E-state index >= 15 is 0 Å².